The van der Waals surface area contributed by atoms with Crippen molar-refractivity contribution in [2.24, 2.45) is 0 Å². The van der Waals surface area contributed by atoms with Crippen LogP contribution >= 0.6 is 23.5 Å². The highest BCUT2D eigenvalue weighted by Crippen LogP contribution is 2.28. The lowest BCUT2D eigenvalue weighted by Crippen LogP contribution is -2.52. The number of piperazine rings is 1. The molecule has 0 saturated carbocycles. The Labute approximate surface area is 173 Å². The van der Waals surface area contributed by atoms with Gasteiger partial charge in [-0.05, 0) is 31.6 Å². The zero-order valence-corrected chi connectivity index (χ0v) is 17.9. The van der Waals surface area contributed by atoms with Gasteiger partial charge in [-0.1, -0.05) is 18.2 Å². The summed E-state index contributed by atoms with van der Waals surface area (Å²) in [5.41, 5.74) is 0.764. The Kier molecular flexibility index (Phi) is 8.72. The molecule has 1 saturated heterocycles. The minimum atomic E-state index is -0.364. The average molecular weight is 424 g/mol. The van der Waals surface area contributed by atoms with Crippen LogP contribution in [0.2, 0.25) is 0 Å². The second kappa shape index (κ2) is 11.0. The molecule has 0 bridgehead atoms. The number of carbonyl (C=O) groups is 3. The van der Waals surface area contributed by atoms with Gasteiger partial charge in [-0.15, -0.1) is 23.5 Å². The van der Waals surface area contributed by atoms with Crippen LogP contribution in [0, 0.1) is 0 Å². The van der Waals surface area contributed by atoms with Gasteiger partial charge >= 0.3 is 6.09 Å². The standard InChI is InChI=1S/C19H25N3O4S2/c1-4-26-19(25)22-12-10-21(11-13-22)17(24)15(18(27-2)28-3)20-16(23)14-8-6-5-7-9-14/h5-9H,4,10-13H2,1-3H3,(H,20,23). The van der Waals surface area contributed by atoms with E-state index in [4.69, 9.17) is 4.74 Å². The molecule has 1 aliphatic rings. The Bertz CT molecular complexity index is 726. The zero-order chi connectivity index (χ0) is 20.5. The molecule has 1 aromatic carbocycles. The van der Waals surface area contributed by atoms with Gasteiger partial charge in [0.05, 0.1) is 10.8 Å². The summed E-state index contributed by atoms with van der Waals surface area (Å²) >= 11 is 2.83. The van der Waals surface area contributed by atoms with Crippen molar-refractivity contribution in [3.63, 3.8) is 0 Å². The summed E-state index contributed by atoms with van der Waals surface area (Å²) in [5, 5.41) is 2.79. The minimum Gasteiger partial charge on any atom is -0.450 e. The maximum atomic E-state index is 13.1. The smallest absolute Gasteiger partial charge is 0.409 e. The SMILES string of the molecule is CCOC(=O)N1CCN(C(=O)C(NC(=O)c2ccccc2)=C(SC)SC)CC1. The van der Waals surface area contributed by atoms with Crippen molar-refractivity contribution in [3.05, 3.63) is 45.8 Å². The number of amides is 3. The summed E-state index contributed by atoms with van der Waals surface area (Å²) in [5.74, 6) is -0.568. The van der Waals surface area contributed by atoms with E-state index in [1.807, 2.05) is 18.6 Å². The fraction of sp³-hybridized carbons (Fsp3) is 0.421. The van der Waals surface area contributed by atoms with Crippen molar-refractivity contribution in [2.45, 2.75) is 6.92 Å². The summed E-state index contributed by atoms with van der Waals surface area (Å²) < 4.78 is 5.75. The molecule has 1 fully saturated rings. The number of hydrogen-bond donors (Lipinski definition) is 1. The topological polar surface area (TPSA) is 79.0 Å². The van der Waals surface area contributed by atoms with Crippen molar-refractivity contribution in [1.29, 1.82) is 0 Å². The van der Waals surface area contributed by atoms with E-state index in [1.165, 1.54) is 23.5 Å². The van der Waals surface area contributed by atoms with Crippen LogP contribution in [0.3, 0.4) is 0 Å². The van der Waals surface area contributed by atoms with Crippen LogP contribution in [0.15, 0.2) is 40.3 Å². The van der Waals surface area contributed by atoms with Gasteiger partial charge < -0.3 is 19.9 Å². The predicted molar refractivity (Wildman–Crippen MR) is 113 cm³/mol. The van der Waals surface area contributed by atoms with Gasteiger partial charge in [-0.25, -0.2) is 4.79 Å². The third kappa shape index (κ3) is 5.68. The van der Waals surface area contributed by atoms with E-state index in [0.29, 0.717) is 38.3 Å². The fourth-order valence-electron chi connectivity index (χ4n) is 2.72. The van der Waals surface area contributed by atoms with E-state index in [1.54, 1.807) is 41.0 Å². The second-order valence-corrected chi connectivity index (χ2v) is 7.76. The number of benzene rings is 1. The summed E-state index contributed by atoms with van der Waals surface area (Å²) in [6.07, 6.45) is 3.37. The second-order valence-electron chi connectivity index (χ2n) is 5.87. The molecule has 1 heterocycles. The third-order valence-electron chi connectivity index (χ3n) is 4.16. The van der Waals surface area contributed by atoms with Crippen LogP contribution in [-0.2, 0) is 9.53 Å². The molecule has 0 aliphatic carbocycles. The van der Waals surface area contributed by atoms with Gasteiger partial charge in [0.1, 0.15) is 5.70 Å². The molecule has 1 aliphatic heterocycles. The Morgan fingerprint density at radius 3 is 2.11 bits per heavy atom. The van der Waals surface area contributed by atoms with E-state index >= 15 is 0 Å². The van der Waals surface area contributed by atoms with E-state index in [9.17, 15) is 14.4 Å². The van der Waals surface area contributed by atoms with Crippen molar-refractivity contribution < 1.29 is 19.1 Å². The molecular weight excluding hydrogens is 398 g/mol. The molecule has 0 aromatic heterocycles. The van der Waals surface area contributed by atoms with Gasteiger partial charge in [0, 0.05) is 31.7 Å². The highest BCUT2D eigenvalue weighted by Gasteiger charge is 2.29. The Hall–Kier alpha value is -2.13. The van der Waals surface area contributed by atoms with Crippen molar-refractivity contribution in [3.8, 4) is 0 Å². The number of hydrogen-bond acceptors (Lipinski definition) is 6. The lowest BCUT2D eigenvalue weighted by molar-refractivity contribution is -0.129. The van der Waals surface area contributed by atoms with Crippen LogP contribution in [0.4, 0.5) is 4.79 Å². The molecule has 28 heavy (non-hydrogen) atoms. The first-order chi connectivity index (χ1) is 13.5. The first kappa shape index (κ1) is 22.2. The number of carbonyl (C=O) groups excluding carboxylic acids is 3. The molecule has 0 unspecified atom stereocenters. The van der Waals surface area contributed by atoms with Gasteiger partial charge in [-0.2, -0.15) is 0 Å². The third-order valence-corrected chi connectivity index (χ3v) is 6.31. The summed E-state index contributed by atoms with van der Waals surface area (Å²) in [6, 6.07) is 8.79. The lowest BCUT2D eigenvalue weighted by atomic mass is 10.2. The highest BCUT2D eigenvalue weighted by atomic mass is 32.2. The van der Waals surface area contributed by atoms with Crippen LogP contribution in [0.1, 0.15) is 17.3 Å². The molecule has 9 heteroatoms. The minimum absolute atomic E-state index is 0.244. The van der Waals surface area contributed by atoms with Gasteiger partial charge in [0.25, 0.3) is 11.8 Å². The first-order valence-electron chi connectivity index (χ1n) is 8.91. The summed E-state index contributed by atoms with van der Waals surface area (Å²) in [7, 11) is 0. The first-order valence-corrected chi connectivity index (χ1v) is 11.4. The van der Waals surface area contributed by atoms with E-state index in [-0.39, 0.29) is 23.6 Å². The van der Waals surface area contributed by atoms with Crippen molar-refractivity contribution in [1.82, 2.24) is 15.1 Å². The van der Waals surface area contributed by atoms with Crippen molar-refractivity contribution in [2.75, 3.05) is 45.3 Å². The predicted octanol–water partition coefficient (Wildman–Crippen LogP) is 2.61. The fourth-order valence-corrected chi connectivity index (χ4v) is 4.07. The number of rotatable bonds is 6. The monoisotopic (exact) mass is 423 g/mol. The number of nitrogens with zero attached hydrogens (tertiary/aromatic N) is 2. The maximum absolute atomic E-state index is 13.1. The van der Waals surface area contributed by atoms with E-state index < -0.39 is 0 Å². The molecule has 0 radical (unpaired) electrons. The van der Waals surface area contributed by atoms with Gasteiger partial charge in [-0.3, -0.25) is 9.59 Å². The van der Waals surface area contributed by atoms with Crippen LogP contribution in [0.5, 0.6) is 0 Å². The molecule has 1 N–H and O–H groups in total. The van der Waals surface area contributed by atoms with E-state index in [0.717, 1.165) is 4.24 Å². The average Bonchev–Trinajstić information content (AvgIpc) is 2.74. The van der Waals surface area contributed by atoms with Crippen LogP contribution in [-0.4, -0.2) is 73.0 Å². The Balaban J connectivity index is 2.12. The Morgan fingerprint density at radius 1 is 1.00 bits per heavy atom. The summed E-state index contributed by atoms with van der Waals surface area (Å²) in [4.78, 5) is 40.8. The normalized spacial score (nSPS) is 13.7. The molecule has 0 atom stereocenters. The largest absolute Gasteiger partial charge is 0.450 e. The van der Waals surface area contributed by atoms with Crippen LogP contribution < -0.4 is 5.32 Å². The van der Waals surface area contributed by atoms with Crippen molar-refractivity contribution >= 4 is 41.4 Å². The zero-order valence-electron chi connectivity index (χ0n) is 16.3. The highest BCUT2D eigenvalue weighted by molar-refractivity contribution is 8.21. The maximum Gasteiger partial charge on any atom is 0.409 e. The number of nitrogens with one attached hydrogen (secondary N) is 1. The number of ether oxygens (including phenoxy) is 1. The van der Waals surface area contributed by atoms with Gasteiger partial charge in [0.15, 0.2) is 0 Å². The molecule has 3 amide bonds. The number of thioether (sulfide) groups is 2. The molecule has 1 aromatic rings. The quantitative estimate of drug-likeness (QED) is 0.709. The molecular formula is C19H25N3O4S2. The molecule has 152 valence electrons. The van der Waals surface area contributed by atoms with E-state index in [2.05, 4.69) is 5.32 Å². The molecule has 0 spiro atoms. The van der Waals surface area contributed by atoms with Crippen LogP contribution in [0.25, 0.3) is 0 Å². The Morgan fingerprint density at radius 2 is 1.57 bits per heavy atom. The molecule has 7 nitrogen and oxygen atoms in total. The summed E-state index contributed by atoms with van der Waals surface area (Å²) in [6.45, 7) is 3.66. The lowest BCUT2D eigenvalue weighted by Gasteiger charge is -2.34. The molecule has 2 rings (SSSR count). The van der Waals surface area contributed by atoms with Gasteiger partial charge in [0.2, 0.25) is 0 Å².